The predicted molar refractivity (Wildman–Crippen MR) is 106 cm³/mol. The van der Waals surface area contributed by atoms with Gasteiger partial charge in [-0.1, -0.05) is 12.1 Å². The zero-order valence-corrected chi connectivity index (χ0v) is 16.7. The van der Waals surface area contributed by atoms with Crippen molar-refractivity contribution >= 4 is 27.6 Å². The number of sulfonamides is 1. The Morgan fingerprint density at radius 3 is 2.48 bits per heavy atom. The number of nitrogens with zero attached hydrogens (tertiary/aromatic N) is 1. The maximum Gasteiger partial charge on any atom is 0.331 e. The Kier molecular flexibility index (Phi) is 5.97. The van der Waals surface area contributed by atoms with Crippen LogP contribution in [0.1, 0.15) is 29.8 Å². The molecule has 2 aromatic carbocycles. The fraction of sp³-hybridized carbons (Fsp3) is 0.250. The quantitative estimate of drug-likeness (QED) is 0.545. The van der Waals surface area contributed by atoms with Gasteiger partial charge in [0, 0.05) is 11.1 Å². The molecule has 0 saturated carbocycles. The maximum absolute atomic E-state index is 12.2. The number of fused-ring (bicyclic) bond motifs is 1. The molecule has 1 aliphatic rings. The summed E-state index contributed by atoms with van der Waals surface area (Å²) in [5.74, 6) is -0.388. The van der Waals surface area contributed by atoms with Gasteiger partial charge in [-0.25, -0.2) is 13.2 Å². The first-order valence-electron chi connectivity index (χ1n) is 8.94. The van der Waals surface area contributed by atoms with Crippen LogP contribution in [0.4, 0.5) is 0 Å². The van der Waals surface area contributed by atoms with E-state index in [1.54, 1.807) is 42.5 Å². The average molecular weight is 416 g/mol. The minimum absolute atomic E-state index is 0.0721. The standard InChI is InChI=1S/C20H20N2O6S/c1-3-27-15-10-8-14(9-11-15)17(23)12-28-20(24)13(2)21-19-16-6-4-5-7-18(16)29(25,26)22-19/h4-11,13H,3,12H2,1-2H3,(H,21,22)/t13-/m0/s1. The van der Waals surface area contributed by atoms with Crippen LogP contribution in [-0.4, -0.2) is 45.3 Å². The molecule has 0 unspecified atom stereocenters. The number of amidine groups is 1. The van der Waals surface area contributed by atoms with Gasteiger partial charge in [-0.15, -0.1) is 0 Å². The van der Waals surface area contributed by atoms with Crippen LogP contribution < -0.4 is 9.46 Å². The summed E-state index contributed by atoms with van der Waals surface area (Å²) in [4.78, 5) is 28.6. The fourth-order valence-corrected chi connectivity index (χ4v) is 3.96. The molecule has 29 heavy (non-hydrogen) atoms. The number of ketones is 1. The molecule has 0 amide bonds. The number of esters is 1. The van der Waals surface area contributed by atoms with Crippen LogP contribution in [0.25, 0.3) is 0 Å². The summed E-state index contributed by atoms with van der Waals surface area (Å²) >= 11 is 0. The molecule has 0 aromatic heterocycles. The monoisotopic (exact) mass is 416 g/mol. The van der Waals surface area contributed by atoms with Crippen LogP contribution in [0, 0.1) is 0 Å². The molecule has 0 aliphatic carbocycles. The van der Waals surface area contributed by atoms with E-state index in [1.807, 2.05) is 6.92 Å². The van der Waals surface area contributed by atoms with Crippen molar-refractivity contribution < 1.29 is 27.5 Å². The summed E-state index contributed by atoms with van der Waals surface area (Å²) in [5, 5.41) is 0. The van der Waals surface area contributed by atoms with E-state index in [2.05, 4.69) is 9.71 Å². The summed E-state index contributed by atoms with van der Waals surface area (Å²) in [7, 11) is -3.69. The summed E-state index contributed by atoms with van der Waals surface area (Å²) in [6.45, 7) is 3.40. The van der Waals surface area contributed by atoms with Gasteiger partial charge in [0.25, 0.3) is 10.0 Å². The van der Waals surface area contributed by atoms with Gasteiger partial charge in [0.05, 0.1) is 11.5 Å². The van der Waals surface area contributed by atoms with Crippen molar-refractivity contribution in [1.82, 2.24) is 4.72 Å². The van der Waals surface area contributed by atoms with Gasteiger partial charge in [-0.2, -0.15) is 0 Å². The summed E-state index contributed by atoms with van der Waals surface area (Å²) < 4.78 is 36.9. The maximum atomic E-state index is 12.2. The summed E-state index contributed by atoms with van der Waals surface area (Å²) in [5.41, 5.74) is 0.773. The van der Waals surface area contributed by atoms with Gasteiger partial charge in [-0.05, 0) is 50.2 Å². The zero-order chi connectivity index (χ0) is 21.0. The highest BCUT2D eigenvalue weighted by Gasteiger charge is 2.31. The second-order valence-corrected chi connectivity index (χ2v) is 7.89. The molecule has 2 aromatic rings. The van der Waals surface area contributed by atoms with Crippen molar-refractivity contribution in [2.24, 2.45) is 4.99 Å². The largest absolute Gasteiger partial charge is 0.494 e. The molecule has 0 fully saturated rings. The van der Waals surface area contributed by atoms with Crippen molar-refractivity contribution in [3.05, 3.63) is 59.7 Å². The summed E-state index contributed by atoms with van der Waals surface area (Å²) in [6.07, 6.45) is 0. The Bertz CT molecular complexity index is 1060. The van der Waals surface area contributed by atoms with E-state index < -0.39 is 28.6 Å². The van der Waals surface area contributed by atoms with Crippen molar-refractivity contribution in [2.75, 3.05) is 13.2 Å². The number of benzene rings is 2. The van der Waals surface area contributed by atoms with Crippen LogP contribution in [0.2, 0.25) is 0 Å². The molecule has 0 radical (unpaired) electrons. The molecule has 1 N–H and O–H groups in total. The number of carbonyl (C=O) groups excluding carboxylic acids is 2. The van der Waals surface area contributed by atoms with E-state index in [0.717, 1.165) is 0 Å². The Labute approximate surface area is 168 Å². The minimum atomic E-state index is -3.69. The molecule has 3 rings (SSSR count). The van der Waals surface area contributed by atoms with Crippen molar-refractivity contribution in [3.8, 4) is 5.75 Å². The number of hydrogen-bond acceptors (Lipinski definition) is 7. The third-order valence-electron chi connectivity index (χ3n) is 4.16. The SMILES string of the molecule is CCOc1ccc(C(=O)COC(=O)[C@H](C)N=C2NS(=O)(=O)c3ccccc32)cc1. The number of ether oxygens (including phenoxy) is 2. The van der Waals surface area contributed by atoms with Crippen molar-refractivity contribution in [2.45, 2.75) is 24.8 Å². The molecule has 0 saturated heterocycles. The van der Waals surface area contributed by atoms with Crippen LogP contribution >= 0.6 is 0 Å². The third-order valence-corrected chi connectivity index (χ3v) is 5.56. The molecule has 152 valence electrons. The van der Waals surface area contributed by atoms with Crippen LogP contribution in [0.5, 0.6) is 5.75 Å². The lowest BCUT2D eigenvalue weighted by molar-refractivity contribution is -0.143. The number of carbonyl (C=O) groups is 2. The first-order chi connectivity index (χ1) is 13.8. The highest BCUT2D eigenvalue weighted by molar-refractivity contribution is 7.90. The second-order valence-electron chi connectivity index (χ2n) is 6.24. The molecule has 9 heteroatoms. The molecule has 8 nitrogen and oxygen atoms in total. The van der Waals surface area contributed by atoms with Gasteiger partial charge >= 0.3 is 5.97 Å². The van der Waals surface area contributed by atoms with Crippen molar-refractivity contribution in [1.29, 1.82) is 0 Å². The lowest BCUT2D eigenvalue weighted by atomic mass is 10.1. The first-order valence-corrected chi connectivity index (χ1v) is 10.4. The minimum Gasteiger partial charge on any atom is -0.494 e. The van der Waals surface area contributed by atoms with E-state index in [1.165, 1.54) is 13.0 Å². The van der Waals surface area contributed by atoms with E-state index in [0.29, 0.717) is 23.5 Å². The average Bonchev–Trinajstić information content (AvgIpc) is 2.97. The summed E-state index contributed by atoms with van der Waals surface area (Å²) in [6, 6.07) is 11.8. The Balaban J connectivity index is 1.63. The lowest BCUT2D eigenvalue weighted by Gasteiger charge is -2.09. The van der Waals surface area contributed by atoms with Crippen molar-refractivity contribution in [3.63, 3.8) is 0 Å². The van der Waals surface area contributed by atoms with E-state index >= 15 is 0 Å². The predicted octanol–water partition coefficient (Wildman–Crippen LogP) is 1.94. The normalized spacial score (nSPS) is 16.6. The Hall–Kier alpha value is -3.20. The topological polar surface area (TPSA) is 111 Å². The van der Waals surface area contributed by atoms with E-state index in [4.69, 9.17) is 9.47 Å². The number of hydrogen-bond donors (Lipinski definition) is 1. The molecular formula is C20H20N2O6S. The van der Waals surface area contributed by atoms with Gasteiger partial charge in [0.15, 0.2) is 12.4 Å². The van der Waals surface area contributed by atoms with Crippen LogP contribution in [0.15, 0.2) is 58.4 Å². The molecule has 1 heterocycles. The Morgan fingerprint density at radius 1 is 1.10 bits per heavy atom. The van der Waals surface area contributed by atoms with E-state index in [-0.39, 0.29) is 16.5 Å². The van der Waals surface area contributed by atoms with Gasteiger partial charge in [-0.3, -0.25) is 14.5 Å². The lowest BCUT2D eigenvalue weighted by Crippen LogP contribution is -2.27. The highest BCUT2D eigenvalue weighted by Crippen LogP contribution is 2.22. The van der Waals surface area contributed by atoms with Crippen LogP contribution in [0.3, 0.4) is 0 Å². The van der Waals surface area contributed by atoms with Gasteiger partial charge in [0.2, 0.25) is 0 Å². The molecular weight excluding hydrogens is 396 g/mol. The number of rotatable bonds is 7. The van der Waals surface area contributed by atoms with Crippen LogP contribution in [-0.2, 0) is 19.6 Å². The molecule has 0 spiro atoms. The van der Waals surface area contributed by atoms with Gasteiger partial charge < -0.3 is 9.47 Å². The molecule has 1 aliphatic heterocycles. The third kappa shape index (κ3) is 4.62. The fourth-order valence-electron chi connectivity index (χ4n) is 2.72. The Morgan fingerprint density at radius 2 is 1.79 bits per heavy atom. The number of Topliss-reactive ketones (excluding diaryl/α,β-unsaturated/α-hetero) is 1. The van der Waals surface area contributed by atoms with Gasteiger partial charge in [0.1, 0.15) is 17.6 Å². The smallest absolute Gasteiger partial charge is 0.331 e. The second kappa shape index (κ2) is 8.44. The first kappa shape index (κ1) is 20.5. The molecule has 1 atom stereocenters. The van der Waals surface area contributed by atoms with E-state index in [9.17, 15) is 18.0 Å². The highest BCUT2D eigenvalue weighted by atomic mass is 32.2. The molecule has 0 bridgehead atoms. The zero-order valence-electron chi connectivity index (χ0n) is 15.9. The number of aliphatic imine (C=N–C) groups is 1. The number of nitrogens with one attached hydrogen (secondary N) is 1.